The van der Waals surface area contributed by atoms with E-state index in [0.717, 1.165) is 42.1 Å². The second-order valence-electron chi connectivity index (χ2n) is 4.32. The van der Waals surface area contributed by atoms with Gasteiger partial charge in [-0.3, -0.25) is 0 Å². The molecular formula is C14H22FNOS. The van der Waals surface area contributed by atoms with Crippen molar-refractivity contribution >= 4 is 11.8 Å². The number of halogens is 1. The predicted octanol–water partition coefficient (Wildman–Crippen LogP) is 3.23. The fraction of sp³-hybridized carbons (Fsp3) is 0.571. The van der Waals surface area contributed by atoms with Crippen LogP contribution in [0.3, 0.4) is 0 Å². The van der Waals surface area contributed by atoms with Gasteiger partial charge in [0.05, 0.1) is 0 Å². The van der Waals surface area contributed by atoms with Crippen molar-refractivity contribution < 1.29 is 9.13 Å². The van der Waals surface area contributed by atoms with E-state index in [-0.39, 0.29) is 11.9 Å². The molecule has 0 amide bonds. The van der Waals surface area contributed by atoms with E-state index in [2.05, 4.69) is 6.92 Å². The molecular weight excluding hydrogens is 249 g/mol. The van der Waals surface area contributed by atoms with Gasteiger partial charge >= 0.3 is 0 Å². The van der Waals surface area contributed by atoms with E-state index in [0.29, 0.717) is 0 Å². The van der Waals surface area contributed by atoms with Gasteiger partial charge in [0.2, 0.25) is 0 Å². The number of nitrogens with two attached hydrogens (primary N) is 1. The minimum atomic E-state index is -0.186. The van der Waals surface area contributed by atoms with Gasteiger partial charge < -0.3 is 10.5 Å². The Bertz CT molecular complexity index is 360. The summed E-state index contributed by atoms with van der Waals surface area (Å²) in [6.45, 7) is 2.81. The third-order valence-electron chi connectivity index (χ3n) is 2.78. The number of benzene rings is 1. The lowest BCUT2D eigenvalue weighted by atomic mass is 10.0. The van der Waals surface area contributed by atoms with Crippen molar-refractivity contribution in [1.82, 2.24) is 0 Å². The van der Waals surface area contributed by atoms with Crippen LogP contribution in [0.4, 0.5) is 4.39 Å². The molecule has 4 heteroatoms. The van der Waals surface area contributed by atoms with Gasteiger partial charge in [-0.1, -0.05) is 6.92 Å². The maximum atomic E-state index is 13.3. The standard InChI is InChI=1S/C14H22FNOS/c1-3-13(16)10-11-9-12(15)5-6-14(11)18-8-4-7-17-2/h5-6,9,13H,3-4,7-8,10,16H2,1-2H3. The van der Waals surface area contributed by atoms with Crippen molar-refractivity contribution in [2.75, 3.05) is 19.5 Å². The second-order valence-corrected chi connectivity index (χ2v) is 5.46. The zero-order chi connectivity index (χ0) is 13.4. The Morgan fingerprint density at radius 1 is 1.44 bits per heavy atom. The summed E-state index contributed by atoms with van der Waals surface area (Å²) in [6, 6.07) is 5.07. The molecule has 1 atom stereocenters. The van der Waals surface area contributed by atoms with Gasteiger partial charge in [-0.15, -0.1) is 11.8 Å². The van der Waals surface area contributed by atoms with Gasteiger partial charge in [-0.2, -0.15) is 0 Å². The Hall–Kier alpha value is -0.580. The van der Waals surface area contributed by atoms with Crippen LogP contribution in [0.25, 0.3) is 0 Å². The van der Waals surface area contributed by atoms with Crippen molar-refractivity contribution in [1.29, 1.82) is 0 Å². The smallest absolute Gasteiger partial charge is 0.123 e. The third kappa shape index (κ3) is 5.38. The lowest BCUT2D eigenvalue weighted by Gasteiger charge is -2.13. The van der Waals surface area contributed by atoms with Crippen LogP contribution in [-0.4, -0.2) is 25.5 Å². The highest BCUT2D eigenvalue weighted by Crippen LogP contribution is 2.25. The molecule has 0 radical (unpaired) electrons. The first-order chi connectivity index (χ1) is 8.67. The average molecular weight is 271 g/mol. The lowest BCUT2D eigenvalue weighted by Crippen LogP contribution is -2.21. The molecule has 1 aromatic rings. The molecule has 0 aliphatic rings. The molecule has 0 aliphatic heterocycles. The van der Waals surface area contributed by atoms with E-state index < -0.39 is 0 Å². The molecule has 0 spiro atoms. The van der Waals surface area contributed by atoms with Gasteiger partial charge in [0.15, 0.2) is 0 Å². The molecule has 1 aromatic carbocycles. The number of thioether (sulfide) groups is 1. The summed E-state index contributed by atoms with van der Waals surface area (Å²) in [5, 5.41) is 0. The van der Waals surface area contributed by atoms with Crippen LogP contribution < -0.4 is 5.73 Å². The Morgan fingerprint density at radius 3 is 2.89 bits per heavy atom. The molecule has 0 aromatic heterocycles. The fourth-order valence-electron chi connectivity index (χ4n) is 1.66. The monoisotopic (exact) mass is 271 g/mol. The molecule has 0 bridgehead atoms. The summed E-state index contributed by atoms with van der Waals surface area (Å²) in [7, 11) is 1.70. The topological polar surface area (TPSA) is 35.2 Å². The molecule has 18 heavy (non-hydrogen) atoms. The van der Waals surface area contributed by atoms with Crippen LogP contribution in [0, 0.1) is 5.82 Å². The van der Waals surface area contributed by atoms with E-state index in [9.17, 15) is 4.39 Å². The molecule has 2 nitrogen and oxygen atoms in total. The maximum absolute atomic E-state index is 13.3. The van der Waals surface area contributed by atoms with E-state index in [1.54, 1.807) is 24.9 Å². The zero-order valence-electron chi connectivity index (χ0n) is 11.1. The zero-order valence-corrected chi connectivity index (χ0v) is 11.9. The van der Waals surface area contributed by atoms with Crippen molar-refractivity contribution in [2.24, 2.45) is 5.73 Å². The minimum absolute atomic E-state index is 0.102. The fourth-order valence-corrected chi connectivity index (χ4v) is 2.63. The van der Waals surface area contributed by atoms with E-state index in [1.165, 1.54) is 6.07 Å². The van der Waals surface area contributed by atoms with Gasteiger partial charge in [-0.05, 0) is 43.0 Å². The summed E-state index contributed by atoms with van der Waals surface area (Å²) in [4.78, 5) is 1.14. The maximum Gasteiger partial charge on any atom is 0.123 e. The van der Waals surface area contributed by atoms with E-state index >= 15 is 0 Å². The van der Waals surface area contributed by atoms with Gasteiger partial charge in [-0.25, -0.2) is 4.39 Å². The van der Waals surface area contributed by atoms with Crippen molar-refractivity contribution in [3.05, 3.63) is 29.6 Å². The number of hydrogen-bond donors (Lipinski definition) is 1. The van der Waals surface area contributed by atoms with Crippen LogP contribution in [-0.2, 0) is 11.2 Å². The Morgan fingerprint density at radius 2 is 2.22 bits per heavy atom. The molecule has 0 saturated carbocycles. The first-order valence-electron chi connectivity index (χ1n) is 6.33. The lowest BCUT2D eigenvalue weighted by molar-refractivity contribution is 0.200. The third-order valence-corrected chi connectivity index (χ3v) is 3.98. The molecule has 0 aliphatic carbocycles. The first-order valence-corrected chi connectivity index (χ1v) is 7.31. The van der Waals surface area contributed by atoms with Crippen LogP contribution in [0.1, 0.15) is 25.3 Å². The van der Waals surface area contributed by atoms with E-state index in [1.807, 2.05) is 6.07 Å². The second kappa shape index (κ2) is 8.51. The SMILES string of the molecule is CCC(N)Cc1cc(F)ccc1SCCCOC. The van der Waals surface area contributed by atoms with Crippen LogP contribution in [0.15, 0.2) is 23.1 Å². The van der Waals surface area contributed by atoms with Crippen LogP contribution in [0.5, 0.6) is 0 Å². The van der Waals surface area contributed by atoms with Gasteiger partial charge in [0.1, 0.15) is 5.82 Å². The summed E-state index contributed by atoms with van der Waals surface area (Å²) < 4.78 is 18.3. The summed E-state index contributed by atoms with van der Waals surface area (Å²) in [5.41, 5.74) is 6.97. The molecule has 0 fully saturated rings. The quantitative estimate of drug-likeness (QED) is 0.582. The molecule has 1 rings (SSSR count). The number of hydrogen-bond acceptors (Lipinski definition) is 3. The predicted molar refractivity (Wildman–Crippen MR) is 75.6 cm³/mol. The van der Waals surface area contributed by atoms with Crippen molar-refractivity contribution in [3.8, 4) is 0 Å². The van der Waals surface area contributed by atoms with Crippen LogP contribution >= 0.6 is 11.8 Å². The summed E-state index contributed by atoms with van der Waals surface area (Å²) in [5.74, 6) is 0.794. The van der Waals surface area contributed by atoms with Gasteiger partial charge in [0, 0.05) is 30.4 Å². The molecule has 102 valence electrons. The largest absolute Gasteiger partial charge is 0.385 e. The Kier molecular flexibility index (Phi) is 7.32. The minimum Gasteiger partial charge on any atom is -0.385 e. The normalized spacial score (nSPS) is 12.7. The molecule has 0 heterocycles. The number of rotatable bonds is 8. The average Bonchev–Trinajstić information content (AvgIpc) is 2.36. The highest BCUT2D eigenvalue weighted by molar-refractivity contribution is 7.99. The summed E-state index contributed by atoms with van der Waals surface area (Å²) >= 11 is 1.75. The van der Waals surface area contributed by atoms with Crippen molar-refractivity contribution in [3.63, 3.8) is 0 Å². The molecule has 2 N–H and O–H groups in total. The highest BCUT2D eigenvalue weighted by atomic mass is 32.2. The molecule has 0 saturated heterocycles. The van der Waals surface area contributed by atoms with Crippen LogP contribution in [0.2, 0.25) is 0 Å². The van der Waals surface area contributed by atoms with Crippen molar-refractivity contribution in [2.45, 2.75) is 37.1 Å². The first kappa shape index (κ1) is 15.5. The number of methoxy groups -OCH3 is 1. The number of ether oxygens (including phenoxy) is 1. The molecule has 1 unspecified atom stereocenters. The van der Waals surface area contributed by atoms with Gasteiger partial charge in [0.25, 0.3) is 0 Å². The van der Waals surface area contributed by atoms with E-state index in [4.69, 9.17) is 10.5 Å². The Labute approximate surface area is 113 Å². The Balaban J connectivity index is 2.64. The summed E-state index contributed by atoms with van der Waals surface area (Å²) in [6.07, 6.45) is 2.64. The highest BCUT2D eigenvalue weighted by Gasteiger charge is 2.08.